The average molecular weight is 377 g/mol. The molecule has 2 aromatic carbocycles. The highest BCUT2D eigenvalue weighted by molar-refractivity contribution is 6.07. The Morgan fingerprint density at radius 1 is 0.857 bits per heavy atom. The number of hydrogen-bond donors (Lipinski definition) is 2. The second kappa shape index (κ2) is 7.36. The molecule has 0 aliphatic carbocycles. The molecule has 0 bridgehead atoms. The van der Waals surface area contributed by atoms with E-state index in [4.69, 9.17) is 0 Å². The van der Waals surface area contributed by atoms with Crippen LogP contribution >= 0.6 is 0 Å². The number of hydrogen-bond acceptors (Lipinski definition) is 5. The normalized spacial score (nSPS) is 10.6. The first-order valence-corrected chi connectivity index (χ1v) is 8.32. The third kappa shape index (κ3) is 3.48. The van der Waals surface area contributed by atoms with Gasteiger partial charge in [-0.25, -0.2) is 8.78 Å². The Morgan fingerprint density at radius 3 is 2.36 bits per heavy atom. The van der Waals surface area contributed by atoms with Gasteiger partial charge in [-0.05, 0) is 36.4 Å². The zero-order chi connectivity index (χ0) is 19.5. The molecule has 4 aromatic rings. The van der Waals surface area contributed by atoms with E-state index < -0.39 is 17.5 Å². The summed E-state index contributed by atoms with van der Waals surface area (Å²) in [4.78, 5) is 16.7. The summed E-state index contributed by atoms with van der Waals surface area (Å²) in [5, 5.41) is 13.8. The highest BCUT2D eigenvalue weighted by atomic mass is 19.1. The van der Waals surface area contributed by atoms with Crippen LogP contribution in [0.4, 0.5) is 26.0 Å². The number of nitrogens with one attached hydrogen (secondary N) is 2. The minimum Gasteiger partial charge on any atom is -0.334 e. The number of nitrogens with zero attached hydrogens (tertiary/aromatic N) is 3. The van der Waals surface area contributed by atoms with Crippen LogP contribution in [0.5, 0.6) is 0 Å². The van der Waals surface area contributed by atoms with Crippen molar-refractivity contribution in [2.45, 2.75) is 0 Å². The SMILES string of the molecule is O=C(Nc1cccc2cccnc12)c1ccc(Nc2c(F)cccc2F)nn1. The van der Waals surface area contributed by atoms with Gasteiger partial charge in [0.25, 0.3) is 5.91 Å². The molecule has 2 heterocycles. The number of fused-ring (bicyclic) bond motifs is 1. The second-order valence-corrected chi connectivity index (χ2v) is 5.86. The number of amides is 1. The van der Waals surface area contributed by atoms with Crippen LogP contribution < -0.4 is 10.6 Å². The maximum Gasteiger partial charge on any atom is 0.276 e. The second-order valence-electron chi connectivity index (χ2n) is 5.86. The van der Waals surface area contributed by atoms with Crippen LogP contribution in [0.3, 0.4) is 0 Å². The fourth-order valence-electron chi connectivity index (χ4n) is 2.66. The quantitative estimate of drug-likeness (QED) is 0.554. The van der Waals surface area contributed by atoms with Crippen LogP contribution in [0.25, 0.3) is 10.9 Å². The summed E-state index contributed by atoms with van der Waals surface area (Å²) in [5.41, 5.74) is 0.906. The molecule has 8 heteroatoms. The van der Waals surface area contributed by atoms with E-state index >= 15 is 0 Å². The van der Waals surface area contributed by atoms with Gasteiger partial charge in [0.1, 0.15) is 17.3 Å². The Morgan fingerprint density at radius 2 is 1.61 bits per heavy atom. The molecule has 4 rings (SSSR count). The maximum atomic E-state index is 13.7. The number of benzene rings is 2. The van der Waals surface area contributed by atoms with Gasteiger partial charge in [0, 0.05) is 11.6 Å². The van der Waals surface area contributed by atoms with Crippen molar-refractivity contribution in [2.24, 2.45) is 0 Å². The molecule has 138 valence electrons. The third-order valence-corrected chi connectivity index (χ3v) is 3.99. The predicted octanol–water partition coefficient (Wildman–Crippen LogP) is 4.30. The number of anilines is 3. The molecule has 2 N–H and O–H groups in total. The number of halogens is 2. The lowest BCUT2D eigenvalue weighted by Crippen LogP contribution is -2.15. The van der Waals surface area contributed by atoms with Crippen molar-refractivity contribution >= 4 is 34.0 Å². The Balaban J connectivity index is 1.53. The molecular formula is C20H13F2N5O. The summed E-state index contributed by atoms with van der Waals surface area (Å²) in [6.07, 6.45) is 1.64. The molecule has 2 aromatic heterocycles. The van der Waals surface area contributed by atoms with Gasteiger partial charge in [-0.2, -0.15) is 0 Å². The van der Waals surface area contributed by atoms with Crippen molar-refractivity contribution in [1.29, 1.82) is 0 Å². The van der Waals surface area contributed by atoms with E-state index in [9.17, 15) is 13.6 Å². The molecule has 0 spiro atoms. The lowest BCUT2D eigenvalue weighted by molar-refractivity contribution is 0.102. The first-order chi connectivity index (χ1) is 13.6. The molecule has 0 unspecified atom stereocenters. The third-order valence-electron chi connectivity index (χ3n) is 3.99. The molecular weight excluding hydrogens is 364 g/mol. The number of carbonyl (C=O) groups is 1. The maximum absolute atomic E-state index is 13.7. The van der Waals surface area contributed by atoms with E-state index in [1.807, 2.05) is 18.2 Å². The van der Waals surface area contributed by atoms with E-state index in [1.165, 1.54) is 18.2 Å². The van der Waals surface area contributed by atoms with E-state index in [-0.39, 0.29) is 17.2 Å². The van der Waals surface area contributed by atoms with Crippen molar-refractivity contribution in [3.63, 3.8) is 0 Å². The summed E-state index contributed by atoms with van der Waals surface area (Å²) in [5.74, 6) is -1.89. The van der Waals surface area contributed by atoms with Crippen molar-refractivity contribution in [1.82, 2.24) is 15.2 Å². The van der Waals surface area contributed by atoms with Crippen LogP contribution in [0.2, 0.25) is 0 Å². The Kier molecular flexibility index (Phi) is 4.59. The molecule has 0 radical (unpaired) electrons. The minimum atomic E-state index is -0.757. The smallest absolute Gasteiger partial charge is 0.276 e. The van der Waals surface area contributed by atoms with Crippen LogP contribution in [-0.4, -0.2) is 21.1 Å². The standard InChI is InChI=1S/C20H13F2N5O/c21-13-6-2-7-14(22)19(13)25-17-10-9-16(26-27-17)20(28)24-15-8-1-4-12-5-3-11-23-18(12)15/h1-11H,(H,24,28)(H,25,27). The highest BCUT2D eigenvalue weighted by Gasteiger charge is 2.13. The highest BCUT2D eigenvalue weighted by Crippen LogP contribution is 2.23. The molecule has 0 aliphatic rings. The van der Waals surface area contributed by atoms with Crippen molar-refractivity contribution < 1.29 is 13.6 Å². The van der Waals surface area contributed by atoms with Crippen molar-refractivity contribution in [2.75, 3.05) is 10.6 Å². The molecule has 0 atom stereocenters. The van der Waals surface area contributed by atoms with Crippen LogP contribution in [0, 0.1) is 11.6 Å². The van der Waals surface area contributed by atoms with E-state index in [0.717, 1.165) is 17.5 Å². The van der Waals surface area contributed by atoms with Gasteiger partial charge in [-0.3, -0.25) is 9.78 Å². The van der Waals surface area contributed by atoms with E-state index in [0.29, 0.717) is 11.2 Å². The Bertz CT molecular complexity index is 1140. The zero-order valence-corrected chi connectivity index (χ0v) is 14.4. The molecule has 0 fully saturated rings. The Labute approximate surface area is 158 Å². The lowest BCUT2D eigenvalue weighted by atomic mass is 10.2. The first kappa shape index (κ1) is 17.5. The topological polar surface area (TPSA) is 79.8 Å². The molecule has 28 heavy (non-hydrogen) atoms. The summed E-state index contributed by atoms with van der Waals surface area (Å²) < 4.78 is 27.4. The number of aromatic nitrogens is 3. The average Bonchev–Trinajstić information content (AvgIpc) is 2.71. The molecule has 0 saturated heterocycles. The van der Waals surface area contributed by atoms with Gasteiger partial charge in [0.05, 0.1) is 11.2 Å². The van der Waals surface area contributed by atoms with Gasteiger partial charge in [-0.15, -0.1) is 10.2 Å². The molecule has 0 aliphatic heterocycles. The van der Waals surface area contributed by atoms with Crippen LogP contribution in [-0.2, 0) is 0 Å². The fourth-order valence-corrected chi connectivity index (χ4v) is 2.66. The van der Waals surface area contributed by atoms with Crippen molar-refractivity contribution in [3.8, 4) is 0 Å². The fraction of sp³-hybridized carbons (Fsp3) is 0. The summed E-state index contributed by atoms with van der Waals surface area (Å²) >= 11 is 0. The van der Waals surface area contributed by atoms with Gasteiger partial charge in [-0.1, -0.05) is 24.3 Å². The summed E-state index contributed by atoms with van der Waals surface area (Å²) in [6, 6.07) is 15.5. The predicted molar refractivity (Wildman–Crippen MR) is 101 cm³/mol. The van der Waals surface area contributed by atoms with E-state index in [2.05, 4.69) is 25.8 Å². The zero-order valence-electron chi connectivity index (χ0n) is 14.4. The van der Waals surface area contributed by atoms with Crippen molar-refractivity contribution in [3.05, 3.63) is 84.2 Å². The summed E-state index contributed by atoms with van der Waals surface area (Å²) in [6.45, 7) is 0. The van der Waals surface area contributed by atoms with Crippen LogP contribution in [0.1, 0.15) is 10.5 Å². The van der Waals surface area contributed by atoms with Gasteiger partial charge >= 0.3 is 0 Å². The minimum absolute atomic E-state index is 0.0486. The number of para-hydroxylation sites is 2. The lowest BCUT2D eigenvalue weighted by Gasteiger charge is -2.09. The number of pyridine rings is 1. The number of rotatable bonds is 4. The molecule has 0 saturated carbocycles. The molecule has 6 nitrogen and oxygen atoms in total. The van der Waals surface area contributed by atoms with Gasteiger partial charge < -0.3 is 10.6 Å². The van der Waals surface area contributed by atoms with Gasteiger partial charge in [0.2, 0.25) is 0 Å². The summed E-state index contributed by atoms with van der Waals surface area (Å²) in [7, 11) is 0. The number of carbonyl (C=O) groups excluding carboxylic acids is 1. The largest absolute Gasteiger partial charge is 0.334 e. The Hall–Kier alpha value is -3.94. The van der Waals surface area contributed by atoms with E-state index in [1.54, 1.807) is 18.3 Å². The molecule has 1 amide bonds. The monoisotopic (exact) mass is 377 g/mol. The first-order valence-electron chi connectivity index (χ1n) is 8.32. The van der Waals surface area contributed by atoms with Gasteiger partial charge in [0.15, 0.2) is 11.5 Å². The van der Waals surface area contributed by atoms with Crippen LogP contribution in [0.15, 0.2) is 66.9 Å².